The van der Waals surface area contributed by atoms with Crippen LogP contribution in [0.25, 0.3) is 22.3 Å². The molecule has 2 aromatic carbocycles. The number of β-lactam (4-membered cyclic amide) rings is 2. The van der Waals surface area contributed by atoms with E-state index < -0.39 is 200 Å². The van der Waals surface area contributed by atoms with Crippen LogP contribution in [0.4, 0.5) is 39.0 Å². The van der Waals surface area contributed by atoms with Crippen molar-refractivity contribution < 1.29 is 151 Å². The quantitative estimate of drug-likeness (QED) is 0.00446. The molecule has 147 heavy (non-hydrogen) atoms. The van der Waals surface area contributed by atoms with Gasteiger partial charge in [-0.1, -0.05) is 34.6 Å². The van der Waals surface area contributed by atoms with Gasteiger partial charge >= 0.3 is 58.9 Å². The number of anilines is 2. The summed E-state index contributed by atoms with van der Waals surface area (Å²) in [6, 6.07) is 9.94. The van der Waals surface area contributed by atoms with Crippen molar-refractivity contribution in [3.8, 4) is 33.8 Å². The third-order valence-electron chi connectivity index (χ3n) is 20.9. The fourth-order valence-corrected chi connectivity index (χ4v) is 16.7. The van der Waals surface area contributed by atoms with Crippen LogP contribution in [-0.4, -0.2) is 286 Å². The Morgan fingerprint density at radius 2 is 0.755 bits per heavy atom. The number of carbonyl (C=O) groups is 12. The smallest absolute Gasteiger partial charge is 0.442 e. The minimum atomic E-state index is -5.56. The first-order valence-corrected chi connectivity index (χ1v) is 50.5. The van der Waals surface area contributed by atoms with E-state index in [0.29, 0.717) is 71.6 Å². The van der Waals surface area contributed by atoms with Gasteiger partial charge in [0.05, 0.1) is 58.6 Å². The summed E-state index contributed by atoms with van der Waals surface area (Å²) in [6.45, 7) is 46.4. The van der Waals surface area contributed by atoms with Crippen LogP contribution in [0.2, 0.25) is 0 Å². The molecule has 6 aromatic rings. The lowest BCUT2D eigenvalue weighted by Crippen LogP contribution is -2.78. The minimum Gasteiger partial charge on any atom is -0.489 e. The first-order chi connectivity index (χ1) is 67.7. The summed E-state index contributed by atoms with van der Waals surface area (Å²) in [4.78, 5) is 187. The average molecular weight is 2120 g/mol. The van der Waals surface area contributed by atoms with Gasteiger partial charge in [-0.05, 0) is 229 Å². The molecule has 4 aliphatic heterocycles. The van der Waals surface area contributed by atoms with E-state index in [9.17, 15) is 76.2 Å². The van der Waals surface area contributed by atoms with Crippen LogP contribution in [-0.2, 0) is 121 Å². The SMILES string of the molecule is CC(C)(C)OC(=O)NC[C@H](O)Cn1cc(-c2ccc(OC[C@H](O/N=C(\C(=O)N[C@@H]3C(=O)N(OS(=O)(=O)ON4C(=O)[C@@H](NC(=O)/C(=N\O[C@@H](COc5ccc(-c6cn(C[C@@H](O)CNC(=O)OC(C)(C)C)[n+](CC7CN(C(=O)OC(C)(C)C)C7)c6)cc5)C(=O)OC(C)(C)C)c5csc(NC(=O)OC(C)(C)C)n5)C4(C)C)C3(C)C)c3csc(NC(=O)OC(C)(C)C)n3)C(=O)OC(C)(C)C)cc2)c[n+]1CC1CN(C(=O)OC(C)(C)C)C1. The number of ether oxygens (including phenoxy) is 10. The number of thiazole rings is 2. The number of aromatic nitrogens is 6. The molecule has 0 aliphatic carbocycles. The van der Waals surface area contributed by atoms with E-state index in [1.807, 2.05) is 21.8 Å². The highest BCUT2D eigenvalue weighted by molar-refractivity contribution is 7.81. The zero-order chi connectivity index (χ0) is 109. The number of likely N-dealkylation sites (tertiary alicyclic amines) is 2. The summed E-state index contributed by atoms with van der Waals surface area (Å²) in [7, 11) is -5.56. The van der Waals surface area contributed by atoms with Crippen molar-refractivity contribution in [2.75, 3.05) is 63.1 Å². The van der Waals surface area contributed by atoms with Gasteiger partial charge in [-0.15, -0.1) is 40.6 Å². The molecule has 0 bridgehead atoms. The lowest BCUT2D eigenvalue weighted by atomic mass is 9.84. The highest BCUT2D eigenvalue weighted by Gasteiger charge is 2.62. The Morgan fingerprint density at radius 1 is 0.449 bits per heavy atom. The maximum atomic E-state index is 14.9. The Bertz CT molecular complexity index is 5550. The monoisotopic (exact) mass is 2120 g/mol. The van der Waals surface area contributed by atoms with Gasteiger partial charge in [-0.3, -0.25) is 29.8 Å². The summed E-state index contributed by atoms with van der Waals surface area (Å²) in [5.74, 6) is -6.51. The van der Waals surface area contributed by atoms with Crippen molar-refractivity contribution in [1.29, 1.82) is 0 Å². The molecule has 0 unspecified atom stereocenters. The first kappa shape index (κ1) is 116. The largest absolute Gasteiger partial charge is 0.489 e. The Hall–Kier alpha value is -13.1. The second-order valence-corrected chi connectivity index (χ2v) is 47.4. The second-order valence-electron chi connectivity index (χ2n) is 44.6. The lowest BCUT2D eigenvalue weighted by molar-refractivity contribution is -0.782. The molecule has 4 aliphatic rings. The molecule has 48 nitrogen and oxygen atoms in total. The molecule has 4 saturated heterocycles. The van der Waals surface area contributed by atoms with Crippen LogP contribution in [0.5, 0.6) is 11.5 Å². The number of amides is 10. The van der Waals surface area contributed by atoms with Crippen LogP contribution in [0.3, 0.4) is 0 Å². The van der Waals surface area contributed by atoms with Gasteiger partial charge in [0, 0.05) is 50.0 Å². The fraction of sp³-hybridized carbons (Fsp3) is 0.604. The molecule has 51 heteroatoms. The van der Waals surface area contributed by atoms with Gasteiger partial charge < -0.3 is 98.3 Å². The van der Waals surface area contributed by atoms with E-state index in [-0.39, 0.29) is 71.2 Å². The maximum Gasteiger partial charge on any atom is 0.442 e. The number of benzene rings is 2. The van der Waals surface area contributed by atoms with Crippen molar-refractivity contribution in [2.24, 2.45) is 22.1 Å². The van der Waals surface area contributed by atoms with E-state index in [1.54, 1.807) is 246 Å². The highest BCUT2D eigenvalue weighted by atomic mass is 32.3. The fourth-order valence-electron chi connectivity index (χ4n) is 14.4. The Labute approximate surface area is 860 Å². The topological polar surface area (TPSA) is 562 Å². The van der Waals surface area contributed by atoms with E-state index >= 15 is 0 Å². The van der Waals surface area contributed by atoms with Crippen molar-refractivity contribution in [3.63, 3.8) is 0 Å². The molecule has 10 rings (SSSR count). The van der Waals surface area contributed by atoms with Crippen molar-refractivity contribution >= 4 is 127 Å². The van der Waals surface area contributed by atoms with Crippen LogP contribution < -0.4 is 50.7 Å². The van der Waals surface area contributed by atoms with Gasteiger partial charge in [0.1, 0.15) is 106 Å². The van der Waals surface area contributed by atoms with Crippen molar-refractivity contribution in [2.45, 2.75) is 312 Å². The molecule has 10 amide bonds. The molecular weight excluding hydrogens is 1980 g/mol. The Morgan fingerprint density at radius 3 is 1.05 bits per heavy atom. The molecule has 0 spiro atoms. The third kappa shape index (κ3) is 34.5. The zero-order valence-corrected chi connectivity index (χ0v) is 90.6. The van der Waals surface area contributed by atoms with E-state index in [1.165, 1.54) is 38.5 Å². The summed E-state index contributed by atoms with van der Waals surface area (Å²) < 4.78 is 102. The molecular formula is C96H138N18O30S3+2. The number of carbonyl (C=O) groups excluding carboxylic acids is 12. The van der Waals surface area contributed by atoms with Gasteiger partial charge in [-0.2, -0.15) is 27.9 Å². The second kappa shape index (κ2) is 45.7. The predicted molar refractivity (Wildman–Crippen MR) is 529 cm³/mol. The molecule has 0 saturated carbocycles. The van der Waals surface area contributed by atoms with Crippen LogP contribution in [0, 0.1) is 11.8 Å². The average Bonchev–Trinajstić information content (AvgIpc) is 1.19. The number of hydrogen-bond acceptors (Lipinski definition) is 36. The van der Waals surface area contributed by atoms with Gasteiger partial charge in [-0.25, -0.2) is 48.3 Å². The number of nitrogens with one attached hydrogen (secondary N) is 6. The Balaban J connectivity index is 0.830. The minimum absolute atomic E-state index is 0.0109. The summed E-state index contributed by atoms with van der Waals surface area (Å²) in [5.41, 5.74) is -10.1. The molecule has 0 radical (unpaired) electrons. The summed E-state index contributed by atoms with van der Waals surface area (Å²) in [5, 5.41) is 48.8. The van der Waals surface area contributed by atoms with Crippen LogP contribution in [0.15, 0.2) is 94.4 Å². The van der Waals surface area contributed by atoms with E-state index in [2.05, 4.69) is 52.2 Å². The number of nitrogens with zero attached hydrogens (tertiary/aromatic N) is 12. The number of aliphatic hydroxyl groups is 2. The number of hydrogen-bond donors (Lipinski definition) is 8. The highest BCUT2D eigenvalue weighted by Crippen LogP contribution is 2.39. The van der Waals surface area contributed by atoms with Crippen LogP contribution in [0.1, 0.15) is 205 Å². The van der Waals surface area contributed by atoms with Crippen molar-refractivity contribution in [1.82, 2.24) is 60.5 Å². The molecule has 6 atom stereocenters. The third-order valence-corrected chi connectivity index (χ3v) is 23.1. The lowest BCUT2D eigenvalue weighted by Gasteiger charge is -2.52. The normalized spacial score (nSPS) is 17.3. The number of hydroxylamine groups is 4. The summed E-state index contributed by atoms with van der Waals surface area (Å²) in [6.07, 6.45) is -2.50. The van der Waals surface area contributed by atoms with E-state index in [4.69, 9.17) is 65.6 Å². The number of rotatable bonds is 38. The zero-order valence-electron chi connectivity index (χ0n) is 88.1. The van der Waals surface area contributed by atoms with Gasteiger partial charge in [0.2, 0.25) is 12.4 Å². The first-order valence-electron chi connectivity index (χ1n) is 47.4. The number of oxime groups is 2. The molecule has 8 N–H and O–H groups in total. The van der Waals surface area contributed by atoms with Gasteiger partial charge in [0.15, 0.2) is 34.8 Å². The number of aliphatic hydroxyl groups excluding tert-OH is 2. The Kier molecular flexibility index (Phi) is 36.0. The van der Waals surface area contributed by atoms with Crippen molar-refractivity contribution in [3.05, 3.63) is 95.5 Å². The van der Waals surface area contributed by atoms with Crippen LogP contribution >= 0.6 is 22.7 Å². The summed E-state index contributed by atoms with van der Waals surface area (Å²) >= 11 is 1.61. The molecule has 808 valence electrons. The molecule has 4 fully saturated rings. The van der Waals surface area contributed by atoms with E-state index in [0.717, 1.165) is 22.7 Å². The number of alkyl carbamates (subject to hydrolysis) is 2. The number of esters is 2. The predicted octanol–water partition coefficient (Wildman–Crippen LogP) is 9.35. The molecule has 4 aromatic heterocycles. The standard InChI is InChI=1S/C96H136N18O30S3/c1-87(2,3)133-77(121)67(51-131-63-33-29-57(30-34-63)59-45-109(43-55-39-107(40-55)85(127)139-93(19,20)21)111(47-59)49-61(115)37-97-81(123)135-89(7,8)9)141-105-69(65-53-145-79(99-65)103-83(125)137-91(13,14)15)73(117)101-71-75(119)113(95(71,25)26)143-147(129,130)144-114-76(120)72(96(114,27)28)102-74(118)70(66-54-146-80(100-66)104-84(126)138-92(16,17)18)106-142-68(78(122)134-88(4,5)6)52-132-64-35-31-58(32-36-64)60-46-110(44-56-41-108(42-56)86(128)140-94(22,23)24)112(48-60)50-62(116)38-98-82(124)136-90(10,11)12/h29-36,45-48,53-56,61-62,67-68,71-72,115-116H,37-44,49-52H2,1-28H3,(H4-2,97,98,99,100,101,102,103,104,117,118,123,124,125,126)/p+2/b105-69-,106-70-/t61-,62-,67-,68-,71+,72+/m0/s1. The molecule has 8 heterocycles. The maximum absolute atomic E-state index is 14.9. The van der Waals surface area contributed by atoms with Gasteiger partial charge in [0.25, 0.3) is 35.8 Å².